The van der Waals surface area contributed by atoms with E-state index in [9.17, 15) is 50.6 Å². The van der Waals surface area contributed by atoms with Crippen LogP contribution in [0.5, 0.6) is 0 Å². The third-order valence-electron chi connectivity index (χ3n) is 5.29. The van der Waals surface area contributed by atoms with E-state index >= 15 is 0 Å². The number of nitro groups is 5. The van der Waals surface area contributed by atoms with Gasteiger partial charge in [0.1, 0.15) is 0 Å². The molecule has 0 aliphatic carbocycles. The van der Waals surface area contributed by atoms with Gasteiger partial charge in [0.05, 0.1) is 0 Å². The first-order valence-corrected chi connectivity index (χ1v) is 7.37. The van der Waals surface area contributed by atoms with Crippen molar-refractivity contribution in [2.75, 3.05) is 7.05 Å². The molecule has 5 saturated heterocycles. The predicted molar refractivity (Wildman–Crippen MR) is 74.7 cm³/mol. The van der Waals surface area contributed by atoms with E-state index in [0.717, 1.165) is 11.9 Å². The molecule has 5 heterocycles. The van der Waals surface area contributed by atoms with Gasteiger partial charge >= 0.3 is 0 Å². The standard InChI is InChI=1S/C7H9N11O10/c1-8-2-4-9(14(19)20)3(8)5-12(17(25)26)6(10(2)15(21)22)7(11(4)16(23)24)13(5)18(27)28/h2-7H,1H3/t2?,3?,4?,5-,6+,7-/m0/s1. The number of hydrazine groups is 5. The highest BCUT2D eigenvalue weighted by Crippen LogP contribution is 2.50. The number of likely N-dealkylation sites (N-methyl/N-ethyl adjacent to an activating group) is 1. The SMILES string of the molecule is CN1C2[C@H]3N([N+](=O)[O-])[C@@H]4[C@@H](N([N+](=O)[O-])C(C1N4[N+](=O)[O-])N2[N+](=O)[O-])N3[N+](=O)[O-]. The minimum atomic E-state index is -2.13. The molecule has 0 N–H and O–H groups in total. The maximum absolute atomic E-state index is 11.7. The molecule has 0 amide bonds. The van der Waals surface area contributed by atoms with Gasteiger partial charge < -0.3 is 0 Å². The fourth-order valence-electron chi connectivity index (χ4n) is 4.55. The van der Waals surface area contributed by atoms with Crippen LogP contribution in [0.3, 0.4) is 0 Å². The molecule has 0 spiro atoms. The number of hydrogen-bond donors (Lipinski definition) is 0. The average molecular weight is 407 g/mol. The van der Waals surface area contributed by atoms with Gasteiger partial charge in [0.2, 0.25) is 0 Å². The number of nitrogens with zero attached hydrogens (tertiary/aromatic N) is 11. The van der Waals surface area contributed by atoms with E-state index in [1.807, 2.05) is 0 Å². The van der Waals surface area contributed by atoms with Crippen molar-refractivity contribution in [2.24, 2.45) is 0 Å². The lowest BCUT2D eigenvalue weighted by Crippen LogP contribution is -2.76. The van der Waals surface area contributed by atoms with Crippen molar-refractivity contribution in [3.63, 3.8) is 0 Å². The largest absolute Gasteiger partial charge is 0.272 e. The first-order chi connectivity index (χ1) is 13.0. The zero-order valence-corrected chi connectivity index (χ0v) is 13.5. The highest BCUT2D eigenvalue weighted by Gasteiger charge is 2.86. The fourth-order valence-corrected chi connectivity index (χ4v) is 4.55. The van der Waals surface area contributed by atoms with Gasteiger partial charge in [0.25, 0.3) is 24.7 Å². The van der Waals surface area contributed by atoms with Gasteiger partial charge in [-0.1, -0.05) is 25.0 Å². The predicted octanol–water partition coefficient (Wildman–Crippen LogP) is -3.60. The van der Waals surface area contributed by atoms with E-state index in [2.05, 4.69) is 0 Å². The first-order valence-electron chi connectivity index (χ1n) is 7.37. The Balaban J connectivity index is 2.07. The van der Waals surface area contributed by atoms with Crippen LogP contribution < -0.4 is 0 Å². The van der Waals surface area contributed by atoms with Gasteiger partial charge in [-0.25, -0.2) is 55.5 Å². The monoisotopic (exact) mass is 407 g/mol. The van der Waals surface area contributed by atoms with Crippen LogP contribution in [-0.2, 0) is 0 Å². The van der Waals surface area contributed by atoms with E-state index in [1.54, 1.807) is 0 Å². The Morgan fingerprint density at radius 3 is 0.857 bits per heavy atom. The minimum absolute atomic E-state index is 0.0831. The zero-order valence-electron chi connectivity index (χ0n) is 13.5. The van der Waals surface area contributed by atoms with E-state index in [1.165, 1.54) is 0 Å². The van der Waals surface area contributed by atoms with Crippen molar-refractivity contribution in [2.45, 2.75) is 37.0 Å². The van der Waals surface area contributed by atoms with Crippen LogP contribution in [0.4, 0.5) is 0 Å². The molecule has 5 aliphatic heterocycles. The summed E-state index contributed by atoms with van der Waals surface area (Å²) in [5, 5.41) is 53.2. The summed E-state index contributed by atoms with van der Waals surface area (Å²) in [5.74, 6) is 0. The molecule has 152 valence electrons. The molecule has 5 rings (SSSR count). The molecular formula is C7H9N11O10. The molecule has 0 aromatic carbocycles. The summed E-state index contributed by atoms with van der Waals surface area (Å²) in [7, 11) is 1.11. The van der Waals surface area contributed by atoms with Crippen molar-refractivity contribution in [3.8, 4) is 0 Å². The van der Waals surface area contributed by atoms with Crippen LogP contribution >= 0.6 is 0 Å². The van der Waals surface area contributed by atoms with Crippen molar-refractivity contribution in [1.29, 1.82) is 0 Å². The number of rotatable bonds is 5. The van der Waals surface area contributed by atoms with Gasteiger partial charge in [-0.2, -0.15) is 0 Å². The highest BCUT2D eigenvalue weighted by atomic mass is 16.7. The van der Waals surface area contributed by atoms with Gasteiger partial charge in [-0.3, -0.25) is 0 Å². The van der Waals surface area contributed by atoms with Crippen molar-refractivity contribution < 1.29 is 25.2 Å². The Bertz CT molecular complexity index is 806. The lowest BCUT2D eigenvalue weighted by atomic mass is 10.2. The molecule has 0 aromatic heterocycles. The highest BCUT2D eigenvalue weighted by molar-refractivity contribution is 5.10. The molecule has 5 aliphatic rings. The second-order valence-corrected chi connectivity index (χ2v) is 6.24. The number of hydrogen-bond acceptors (Lipinski definition) is 11. The maximum atomic E-state index is 11.7. The summed E-state index contributed by atoms with van der Waals surface area (Å²) in [4.78, 5) is 59.2. The molecule has 0 radical (unpaired) electrons. The topological polar surface area (TPSA) is 235 Å². The summed E-state index contributed by atoms with van der Waals surface area (Å²) in [6.07, 6.45) is -11.5. The van der Waals surface area contributed by atoms with Gasteiger partial charge in [-0.15, -0.1) is 0 Å². The molecule has 21 heteroatoms. The summed E-state index contributed by atoms with van der Waals surface area (Å²) < 4.78 is 0. The smallest absolute Gasteiger partial charge is 0.249 e. The van der Waals surface area contributed by atoms with Crippen LogP contribution in [0.25, 0.3) is 0 Å². The van der Waals surface area contributed by atoms with Crippen LogP contribution in [0, 0.1) is 50.6 Å². The molecule has 0 aromatic rings. The second kappa shape index (κ2) is 5.02. The summed E-state index contributed by atoms with van der Waals surface area (Å²) >= 11 is 0. The normalized spacial score (nSPS) is 35.5. The molecule has 6 bridgehead atoms. The molecule has 6 atom stereocenters. The minimum Gasteiger partial charge on any atom is -0.249 e. The second-order valence-electron chi connectivity index (χ2n) is 6.24. The van der Waals surface area contributed by atoms with Crippen molar-refractivity contribution in [3.05, 3.63) is 50.6 Å². The van der Waals surface area contributed by atoms with Crippen LogP contribution in [0.1, 0.15) is 0 Å². The Morgan fingerprint density at radius 1 is 0.464 bits per heavy atom. The molecule has 5 fully saturated rings. The van der Waals surface area contributed by atoms with Crippen molar-refractivity contribution >= 4 is 0 Å². The third-order valence-corrected chi connectivity index (χ3v) is 5.29. The van der Waals surface area contributed by atoms with Crippen LogP contribution in [0.2, 0.25) is 0 Å². The van der Waals surface area contributed by atoms with E-state index in [-0.39, 0.29) is 25.0 Å². The Hall–Kier alpha value is -4.04. The van der Waals surface area contributed by atoms with E-state index < -0.39 is 62.2 Å². The third kappa shape index (κ3) is 1.67. The van der Waals surface area contributed by atoms with Gasteiger partial charge in [-0.05, 0) is 7.05 Å². The lowest BCUT2D eigenvalue weighted by Gasteiger charge is -2.41. The number of piperazine rings is 1. The zero-order chi connectivity index (χ0) is 20.8. The van der Waals surface area contributed by atoms with E-state index in [0.29, 0.717) is 0 Å². The Morgan fingerprint density at radius 2 is 0.643 bits per heavy atom. The lowest BCUT2D eigenvalue weighted by molar-refractivity contribution is -0.786. The summed E-state index contributed by atoms with van der Waals surface area (Å²) in [6.45, 7) is 0. The van der Waals surface area contributed by atoms with Crippen LogP contribution in [-0.4, -0.2) is 99.1 Å². The van der Waals surface area contributed by atoms with E-state index in [4.69, 9.17) is 0 Å². The van der Waals surface area contributed by atoms with Crippen LogP contribution in [0.15, 0.2) is 0 Å². The van der Waals surface area contributed by atoms with Gasteiger partial charge in [0.15, 0.2) is 37.5 Å². The van der Waals surface area contributed by atoms with Gasteiger partial charge in [0, 0.05) is 0 Å². The molecular weight excluding hydrogens is 398 g/mol. The fraction of sp³-hybridized carbons (Fsp3) is 1.00. The quantitative estimate of drug-likeness (QED) is 0.316. The molecule has 21 nitrogen and oxygen atoms in total. The molecule has 28 heavy (non-hydrogen) atoms. The Kier molecular flexibility index (Phi) is 3.12. The first kappa shape index (κ1) is 17.4. The van der Waals surface area contributed by atoms with Crippen molar-refractivity contribution in [1.82, 2.24) is 29.9 Å². The maximum Gasteiger partial charge on any atom is 0.272 e. The summed E-state index contributed by atoms with van der Waals surface area (Å²) in [6, 6.07) is 0. The average Bonchev–Trinajstić information content (AvgIpc) is 2.96. The Labute approximate surface area is 151 Å². The molecule has 3 unspecified atom stereocenters. The summed E-state index contributed by atoms with van der Waals surface area (Å²) in [5.41, 5.74) is 0. The molecule has 0 saturated carbocycles.